The molecule has 0 atom stereocenters. The zero-order valence-corrected chi connectivity index (χ0v) is 11.5. The standard InChI is InChI=1S/C14H17ClN4/c15-11-8-10(6-7-12(11)16)14-17-13(18-19-14)9-4-2-1-3-5-9/h6-9H,1-5,16H2,(H,17,18,19). The van der Waals surface area contributed by atoms with Crippen LogP contribution in [-0.4, -0.2) is 15.2 Å². The average Bonchev–Trinajstić information content (AvgIpc) is 2.93. The van der Waals surface area contributed by atoms with Gasteiger partial charge in [0.15, 0.2) is 5.82 Å². The van der Waals surface area contributed by atoms with Gasteiger partial charge in [-0.25, -0.2) is 4.98 Å². The second-order valence-electron chi connectivity index (χ2n) is 5.12. The van der Waals surface area contributed by atoms with E-state index in [1.807, 2.05) is 12.1 Å². The van der Waals surface area contributed by atoms with Gasteiger partial charge < -0.3 is 5.73 Å². The van der Waals surface area contributed by atoms with Gasteiger partial charge in [0.2, 0.25) is 0 Å². The van der Waals surface area contributed by atoms with Gasteiger partial charge in [0, 0.05) is 11.5 Å². The summed E-state index contributed by atoms with van der Waals surface area (Å²) in [6.45, 7) is 0. The van der Waals surface area contributed by atoms with E-state index in [0.717, 1.165) is 11.4 Å². The molecule has 3 N–H and O–H groups in total. The number of nitrogens with one attached hydrogen (secondary N) is 1. The number of halogens is 1. The Labute approximate surface area is 117 Å². The van der Waals surface area contributed by atoms with Crippen molar-refractivity contribution < 1.29 is 0 Å². The lowest BCUT2D eigenvalue weighted by Crippen LogP contribution is -2.06. The molecule has 19 heavy (non-hydrogen) atoms. The molecule has 0 spiro atoms. The predicted molar refractivity (Wildman–Crippen MR) is 77.1 cm³/mol. The number of nitrogens with two attached hydrogens (primary N) is 1. The highest BCUT2D eigenvalue weighted by molar-refractivity contribution is 6.33. The summed E-state index contributed by atoms with van der Waals surface area (Å²) in [4.78, 5) is 4.61. The number of nitrogens with zero attached hydrogens (tertiary/aromatic N) is 2. The topological polar surface area (TPSA) is 67.6 Å². The van der Waals surface area contributed by atoms with Crippen LogP contribution < -0.4 is 5.73 Å². The maximum atomic E-state index is 6.03. The molecule has 0 saturated heterocycles. The zero-order valence-electron chi connectivity index (χ0n) is 10.7. The van der Waals surface area contributed by atoms with Crippen LogP contribution in [-0.2, 0) is 0 Å². The van der Waals surface area contributed by atoms with Gasteiger partial charge in [-0.05, 0) is 31.0 Å². The van der Waals surface area contributed by atoms with E-state index in [2.05, 4.69) is 15.2 Å². The van der Waals surface area contributed by atoms with Crippen LogP contribution in [0.3, 0.4) is 0 Å². The van der Waals surface area contributed by atoms with Crippen molar-refractivity contribution in [3.63, 3.8) is 0 Å². The Hall–Kier alpha value is -1.55. The highest BCUT2D eigenvalue weighted by Crippen LogP contribution is 2.32. The van der Waals surface area contributed by atoms with Crippen LogP contribution in [0.25, 0.3) is 11.4 Å². The number of rotatable bonds is 2. The van der Waals surface area contributed by atoms with Crippen molar-refractivity contribution in [1.29, 1.82) is 0 Å². The Bertz CT molecular complexity index is 573. The first-order valence-corrected chi connectivity index (χ1v) is 7.09. The molecule has 100 valence electrons. The van der Waals surface area contributed by atoms with Gasteiger partial charge in [0.25, 0.3) is 0 Å². The Kier molecular flexibility index (Phi) is 3.42. The van der Waals surface area contributed by atoms with Crippen molar-refractivity contribution in [3.05, 3.63) is 29.0 Å². The number of aromatic amines is 1. The molecular formula is C14H17ClN4. The van der Waals surface area contributed by atoms with Crippen molar-refractivity contribution in [1.82, 2.24) is 15.2 Å². The second-order valence-corrected chi connectivity index (χ2v) is 5.52. The lowest BCUT2D eigenvalue weighted by molar-refractivity contribution is 0.429. The molecule has 0 radical (unpaired) electrons. The van der Waals surface area contributed by atoms with Crippen LogP contribution in [0.4, 0.5) is 5.69 Å². The number of hydrogen-bond donors (Lipinski definition) is 2. The summed E-state index contributed by atoms with van der Waals surface area (Å²) in [5.41, 5.74) is 7.19. The molecule has 1 saturated carbocycles. The molecule has 0 bridgehead atoms. The molecule has 4 nitrogen and oxygen atoms in total. The van der Waals surface area contributed by atoms with Gasteiger partial charge in [-0.15, -0.1) is 0 Å². The van der Waals surface area contributed by atoms with E-state index in [0.29, 0.717) is 22.5 Å². The molecule has 0 aliphatic heterocycles. The maximum Gasteiger partial charge on any atom is 0.181 e. The third-order valence-corrected chi connectivity index (χ3v) is 4.08. The van der Waals surface area contributed by atoms with E-state index < -0.39 is 0 Å². The summed E-state index contributed by atoms with van der Waals surface area (Å²) >= 11 is 6.03. The number of hydrogen-bond acceptors (Lipinski definition) is 3. The third-order valence-electron chi connectivity index (χ3n) is 3.75. The average molecular weight is 277 g/mol. The minimum Gasteiger partial charge on any atom is -0.398 e. The summed E-state index contributed by atoms with van der Waals surface area (Å²) < 4.78 is 0. The van der Waals surface area contributed by atoms with Crippen molar-refractivity contribution in [2.24, 2.45) is 0 Å². The summed E-state index contributed by atoms with van der Waals surface area (Å²) in [5, 5.41) is 7.91. The van der Waals surface area contributed by atoms with Crippen LogP contribution in [0.1, 0.15) is 43.8 Å². The lowest BCUT2D eigenvalue weighted by Gasteiger charge is -2.18. The van der Waals surface area contributed by atoms with Gasteiger partial charge in [-0.3, -0.25) is 5.10 Å². The zero-order chi connectivity index (χ0) is 13.2. The van der Waals surface area contributed by atoms with Gasteiger partial charge in [-0.1, -0.05) is 30.9 Å². The van der Waals surface area contributed by atoms with Gasteiger partial charge >= 0.3 is 0 Å². The van der Waals surface area contributed by atoms with E-state index >= 15 is 0 Å². The van der Waals surface area contributed by atoms with Crippen LogP contribution in [0.15, 0.2) is 18.2 Å². The second kappa shape index (κ2) is 5.21. The number of H-pyrrole nitrogens is 1. The molecule has 1 aliphatic carbocycles. The van der Waals surface area contributed by atoms with Gasteiger partial charge in [0.1, 0.15) is 5.82 Å². The van der Waals surface area contributed by atoms with Crippen LogP contribution in [0.2, 0.25) is 5.02 Å². The number of nitrogen functional groups attached to an aromatic ring is 1. The number of anilines is 1. The Morgan fingerprint density at radius 1 is 1.21 bits per heavy atom. The monoisotopic (exact) mass is 276 g/mol. The third kappa shape index (κ3) is 2.59. The van der Waals surface area contributed by atoms with Crippen molar-refractivity contribution in [2.75, 3.05) is 5.73 Å². The maximum absolute atomic E-state index is 6.03. The summed E-state index contributed by atoms with van der Waals surface area (Å²) in [7, 11) is 0. The van der Waals surface area contributed by atoms with E-state index in [-0.39, 0.29) is 0 Å². The van der Waals surface area contributed by atoms with Crippen LogP contribution in [0.5, 0.6) is 0 Å². The molecular weight excluding hydrogens is 260 g/mol. The van der Waals surface area contributed by atoms with Crippen molar-refractivity contribution in [2.45, 2.75) is 38.0 Å². The molecule has 1 aromatic carbocycles. The predicted octanol–water partition coefficient (Wildman–Crippen LogP) is 3.76. The molecule has 3 rings (SSSR count). The molecule has 2 aromatic rings. The first kappa shape index (κ1) is 12.5. The first-order valence-electron chi connectivity index (χ1n) is 6.72. The number of benzene rings is 1. The van der Waals surface area contributed by atoms with E-state index in [1.54, 1.807) is 6.07 Å². The smallest absolute Gasteiger partial charge is 0.181 e. The molecule has 1 fully saturated rings. The largest absolute Gasteiger partial charge is 0.398 e. The molecule has 5 heteroatoms. The van der Waals surface area contributed by atoms with E-state index in [9.17, 15) is 0 Å². The fraction of sp³-hybridized carbons (Fsp3) is 0.429. The Morgan fingerprint density at radius 3 is 2.74 bits per heavy atom. The van der Waals surface area contributed by atoms with Crippen molar-refractivity contribution in [3.8, 4) is 11.4 Å². The molecule has 1 aliphatic rings. The lowest BCUT2D eigenvalue weighted by atomic mass is 9.89. The summed E-state index contributed by atoms with van der Waals surface area (Å²) in [6.07, 6.45) is 6.32. The normalized spacial score (nSPS) is 16.7. The molecule has 0 amide bonds. The fourth-order valence-corrected chi connectivity index (χ4v) is 2.81. The summed E-state index contributed by atoms with van der Waals surface area (Å²) in [5.74, 6) is 2.23. The minimum atomic E-state index is 0.527. The van der Waals surface area contributed by atoms with E-state index in [1.165, 1.54) is 32.1 Å². The highest BCUT2D eigenvalue weighted by Gasteiger charge is 2.19. The number of aromatic nitrogens is 3. The summed E-state index contributed by atoms with van der Waals surface area (Å²) in [6, 6.07) is 5.49. The van der Waals surface area contributed by atoms with Gasteiger partial charge in [0.05, 0.1) is 10.7 Å². The first-order chi connectivity index (χ1) is 9.24. The molecule has 1 heterocycles. The highest BCUT2D eigenvalue weighted by atomic mass is 35.5. The molecule has 1 aromatic heterocycles. The SMILES string of the molecule is Nc1ccc(-c2n[nH]c(C3CCCCC3)n2)cc1Cl. The van der Waals surface area contributed by atoms with E-state index in [4.69, 9.17) is 17.3 Å². The van der Waals surface area contributed by atoms with Crippen molar-refractivity contribution >= 4 is 17.3 Å². The minimum absolute atomic E-state index is 0.527. The fourth-order valence-electron chi connectivity index (χ4n) is 2.63. The van der Waals surface area contributed by atoms with Gasteiger partial charge in [-0.2, -0.15) is 5.10 Å². The molecule has 0 unspecified atom stereocenters. The van der Waals surface area contributed by atoms with Crippen LogP contribution >= 0.6 is 11.6 Å². The quantitative estimate of drug-likeness (QED) is 0.821. The Balaban J connectivity index is 1.85. The van der Waals surface area contributed by atoms with Crippen LogP contribution in [0, 0.1) is 0 Å². The Morgan fingerprint density at radius 2 is 2.00 bits per heavy atom.